The number of amides is 2. The lowest BCUT2D eigenvalue weighted by atomic mass is 10.0. The Morgan fingerprint density at radius 2 is 2.00 bits per heavy atom. The van der Waals surface area contributed by atoms with Crippen LogP contribution in [-0.2, 0) is 11.3 Å². The fourth-order valence-corrected chi connectivity index (χ4v) is 4.84. The second-order valence-corrected chi connectivity index (χ2v) is 9.51. The molecule has 0 aliphatic carbocycles. The Kier molecular flexibility index (Phi) is 7.13. The van der Waals surface area contributed by atoms with E-state index in [4.69, 9.17) is 23.2 Å². The summed E-state index contributed by atoms with van der Waals surface area (Å²) in [6, 6.07) is 6.26. The molecule has 3 aromatic rings. The maximum Gasteiger partial charge on any atom is 0.262 e. The number of thiophene rings is 1. The maximum absolute atomic E-state index is 13.0. The van der Waals surface area contributed by atoms with Crippen molar-refractivity contribution in [3.8, 4) is 0 Å². The Labute approximate surface area is 199 Å². The molecule has 1 aromatic carbocycles. The zero-order chi connectivity index (χ0) is 22.7. The SMILES string of the molecule is O=C(NC1CCCCCN(C(=O)Cn2cnc3sccc3c2=O)C1)c1ccc(Cl)c(Cl)c1. The van der Waals surface area contributed by atoms with Gasteiger partial charge in [-0.25, -0.2) is 4.98 Å². The molecule has 0 spiro atoms. The van der Waals surface area contributed by atoms with E-state index in [0.29, 0.717) is 38.9 Å². The molecule has 4 rings (SSSR count). The molecule has 168 valence electrons. The molecule has 2 aromatic heterocycles. The molecule has 2 amide bonds. The van der Waals surface area contributed by atoms with Crippen LogP contribution < -0.4 is 10.9 Å². The van der Waals surface area contributed by atoms with Gasteiger partial charge in [0.1, 0.15) is 11.4 Å². The normalized spacial score (nSPS) is 17.1. The Bertz CT molecular complexity index is 1210. The highest BCUT2D eigenvalue weighted by molar-refractivity contribution is 7.16. The molecular weight excluding hydrogens is 471 g/mol. The number of carbonyl (C=O) groups excluding carboxylic acids is 2. The van der Waals surface area contributed by atoms with Crippen LogP contribution in [0.25, 0.3) is 10.2 Å². The van der Waals surface area contributed by atoms with Crippen molar-refractivity contribution in [2.75, 3.05) is 13.1 Å². The van der Waals surface area contributed by atoms with E-state index in [0.717, 1.165) is 25.7 Å². The van der Waals surface area contributed by atoms with E-state index in [9.17, 15) is 14.4 Å². The molecule has 0 saturated carbocycles. The predicted octanol–water partition coefficient (Wildman–Crippen LogP) is 3.97. The van der Waals surface area contributed by atoms with Crippen molar-refractivity contribution < 1.29 is 9.59 Å². The van der Waals surface area contributed by atoms with Crippen LogP contribution in [0.2, 0.25) is 10.0 Å². The van der Waals surface area contributed by atoms with Crippen molar-refractivity contribution in [1.29, 1.82) is 0 Å². The summed E-state index contributed by atoms with van der Waals surface area (Å²) in [6.07, 6.45) is 5.00. The van der Waals surface area contributed by atoms with Gasteiger partial charge in [-0.3, -0.25) is 19.0 Å². The molecule has 1 aliphatic rings. The number of benzene rings is 1. The Morgan fingerprint density at radius 1 is 1.16 bits per heavy atom. The third-order valence-corrected chi connectivity index (χ3v) is 7.11. The Morgan fingerprint density at radius 3 is 2.81 bits per heavy atom. The number of aromatic nitrogens is 2. The number of fused-ring (bicyclic) bond motifs is 1. The molecule has 1 atom stereocenters. The quantitative estimate of drug-likeness (QED) is 0.596. The average molecular weight is 493 g/mol. The number of halogens is 2. The van der Waals surface area contributed by atoms with Crippen LogP contribution in [0.3, 0.4) is 0 Å². The Balaban J connectivity index is 1.46. The minimum absolute atomic E-state index is 0.0783. The standard InChI is InChI=1S/C22H22Cl2N4O3S/c23-17-6-5-14(10-18(17)24)20(30)26-15-4-2-1-3-8-27(11-15)19(29)12-28-13-25-21-16(22(28)31)7-9-32-21/h5-7,9-10,13,15H,1-4,8,11-12H2,(H,26,30). The summed E-state index contributed by atoms with van der Waals surface area (Å²) in [5.41, 5.74) is 0.196. The third kappa shape index (κ3) is 5.14. The average Bonchev–Trinajstić information content (AvgIpc) is 3.23. The highest BCUT2D eigenvalue weighted by atomic mass is 35.5. The van der Waals surface area contributed by atoms with E-state index in [1.165, 1.54) is 28.3 Å². The number of carbonyl (C=O) groups is 2. The number of likely N-dealkylation sites (tertiary alicyclic amines) is 1. The molecule has 1 saturated heterocycles. The van der Waals surface area contributed by atoms with Crippen LogP contribution in [-0.4, -0.2) is 45.4 Å². The topological polar surface area (TPSA) is 84.3 Å². The molecule has 10 heteroatoms. The van der Waals surface area contributed by atoms with E-state index in [2.05, 4.69) is 10.3 Å². The number of nitrogens with zero attached hydrogens (tertiary/aromatic N) is 3. The Hall–Kier alpha value is -2.42. The van der Waals surface area contributed by atoms with Gasteiger partial charge in [0.2, 0.25) is 5.91 Å². The van der Waals surface area contributed by atoms with Crippen molar-refractivity contribution in [2.45, 2.75) is 38.3 Å². The van der Waals surface area contributed by atoms with E-state index >= 15 is 0 Å². The summed E-state index contributed by atoms with van der Waals surface area (Å²) in [5.74, 6) is -0.427. The summed E-state index contributed by atoms with van der Waals surface area (Å²) >= 11 is 13.4. The summed E-state index contributed by atoms with van der Waals surface area (Å²) in [5, 5.41) is 6.05. The fourth-order valence-electron chi connectivity index (χ4n) is 3.82. The van der Waals surface area contributed by atoms with Gasteiger partial charge in [0, 0.05) is 24.7 Å². The van der Waals surface area contributed by atoms with Crippen molar-refractivity contribution in [3.05, 3.63) is 61.9 Å². The zero-order valence-electron chi connectivity index (χ0n) is 17.2. The predicted molar refractivity (Wildman–Crippen MR) is 127 cm³/mol. The van der Waals surface area contributed by atoms with E-state index in [1.54, 1.807) is 23.1 Å². The minimum atomic E-state index is -0.259. The van der Waals surface area contributed by atoms with E-state index < -0.39 is 0 Å². The summed E-state index contributed by atoms with van der Waals surface area (Å²) in [4.78, 5) is 45.0. The number of nitrogens with one attached hydrogen (secondary N) is 1. The van der Waals surface area contributed by atoms with Crippen LogP contribution in [0.4, 0.5) is 0 Å². The molecule has 7 nitrogen and oxygen atoms in total. The van der Waals surface area contributed by atoms with Gasteiger partial charge >= 0.3 is 0 Å². The molecule has 1 aliphatic heterocycles. The van der Waals surface area contributed by atoms with Gasteiger partial charge in [-0.1, -0.05) is 36.0 Å². The lowest BCUT2D eigenvalue weighted by Gasteiger charge is -2.31. The van der Waals surface area contributed by atoms with Gasteiger partial charge in [0.05, 0.1) is 21.8 Å². The first kappa shape index (κ1) is 22.8. The van der Waals surface area contributed by atoms with Gasteiger partial charge in [-0.05, 0) is 42.5 Å². The first-order valence-electron chi connectivity index (χ1n) is 10.4. The van der Waals surface area contributed by atoms with Gasteiger partial charge in [0.15, 0.2) is 0 Å². The van der Waals surface area contributed by atoms with E-state index in [1.807, 2.05) is 5.38 Å². The molecule has 1 fully saturated rings. The highest BCUT2D eigenvalue weighted by Crippen LogP contribution is 2.23. The van der Waals surface area contributed by atoms with Gasteiger partial charge < -0.3 is 10.2 Å². The second-order valence-electron chi connectivity index (χ2n) is 7.81. The first-order chi connectivity index (χ1) is 15.4. The highest BCUT2D eigenvalue weighted by Gasteiger charge is 2.23. The number of hydrogen-bond donors (Lipinski definition) is 1. The lowest BCUT2D eigenvalue weighted by molar-refractivity contribution is -0.132. The number of hydrogen-bond acceptors (Lipinski definition) is 5. The summed E-state index contributed by atoms with van der Waals surface area (Å²) in [6.45, 7) is 0.890. The molecule has 32 heavy (non-hydrogen) atoms. The molecule has 0 bridgehead atoms. The van der Waals surface area contributed by atoms with Gasteiger partial charge in [-0.2, -0.15) is 0 Å². The molecule has 0 radical (unpaired) electrons. The summed E-state index contributed by atoms with van der Waals surface area (Å²) in [7, 11) is 0. The monoisotopic (exact) mass is 492 g/mol. The second kappa shape index (κ2) is 10.0. The smallest absolute Gasteiger partial charge is 0.262 e. The van der Waals surface area contributed by atoms with Crippen molar-refractivity contribution in [3.63, 3.8) is 0 Å². The lowest BCUT2D eigenvalue weighted by Crippen LogP contribution is -2.48. The van der Waals surface area contributed by atoms with Crippen LogP contribution in [0.5, 0.6) is 0 Å². The third-order valence-electron chi connectivity index (χ3n) is 5.55. The largest absolute Gasteiger partial charge is 0.348 e. The van der Waals surface area contributed by atoms with Crippen LogP contribution in [0.15, 0.2) is 40.8 Å². The van der Waals surface area contributed by atoms with Crippen molar-refractivity contribution >= 4 is 56.6 Å². The van der Waals surface area contributed by atoms with Crippen LogP contribution in [0.1, 0.15) is 36.0 Å². The van der Waals surface area contributed by atoms with Crippen LogP contribution in [0, 0.1) is 0 Å². The molecule has 3 heterocycles. The fraction of sp³-hybridized carbons (Fsp3) is 0.364. The summed E-state index contributed by atoms with van der Waals surface area (Å²) < 4.78 is 1.35. The zero-order valence-corrected chi connectivity index (χ0v) is 19.6. The van der Waals surface area contributed by atoms with Gasteiger partial charge in [-0.15, -0.1) is 11.3 Å². The van der Waals surface area contributed by atoms with Gasteiger partial charge in [0.25, 0.3) is 11.5 Å². The van der Waals surface area contributed by atoms with Crippen LogP contribution >= 0.6 is 34.5 Å². The van der Waals surface area contributed by atoms with E-state index in [-0.39, 0.29) is 30.0 Å². The molecule has 1 N–H and O–H groups in total. The molecular formula is C22H22Cl2N4O3S. The van der Waals surface area contributed by atoms with Crippen molar-refractivity contribution in [2.24, 2.45) is 0 Å². The maximum atomic E-state index is 13.0. The number of rotatable bonds is 4. The minimum Gasteiger partial charge on any atom is -0.348 e. The molecule has 1 unspecified atom stereocenters. The van der Waals surface area contributed by atoms with Crippen molar-refractivity contribution in [1.82, 2.24) is 19.8 Å². The first-order valence-corrected chi connectivity index (χ1v) is 12.0.